The first-order chi connectivity index (χ1) is 14.1. The van der Waals surface area contributed by atoms with Gasteiger partial charge in [0.25, 0.3) is 0 Å². The molecule has 144 valence electrons. The van der Waals surface area contributed by atoms with E-state index in [0.29, 0.717) is 17.3 Å². The molecule has 0 saturated heterocycles. The number of rotatable bonds is 6. The highest BCUT2D eigenvalue weighted by Crippen LogP contribution is 2.28. The van der Waals surface area contributed by atoms with Crippen LogP contribution in [0.25, 0.3) is 10.9 Å². The standard InChI is InChI=1S/C23H17FN2O3/c24-19-8-6-15(7-9-19)10-17-11-18-13-26-21(23(27)28)22(20(18)25-12-17)29-14-16-4-2-1-3-5-16/h1-9,11-13H,10,14H2,(H,27,28). The van der Waals surface area contributed by atoms with Crippen LogP contribution < -0.4 is 4.74 Å². The second kappa shape index (κ2) is 8.06. The van der Waals surface area contributed by atoms with Crippen molar-refractivity contribution in [1.29, 1.82) is 0 Å². The van der Waals surface area contributed by atoms with E-state index in [0.717, 1.165) is 16.7 Å². The molecule has 0 atom stereocenters. The number of nitrogens with zero attached hydrogens (tertiary/aromatic N) is 2. The van der Waals surface area contributed by atoms with E-state index >= 15 is 0 Å². The number of aromatic carboxylic acids is 1. The smallest absolute Gasteiger partial charge is 0.358 e. The van der Waals surface area contributed by atoms with Gasteiger partial charge >= 0.3 is 5.97 Å². The Morgan fingerprint density at radius 1 is 0.931 bits per heavy atom. The summed E-state index contributed by atoms with van der Waals surface area (Å²) in [5.41, 5.74) is 3.03. The molecular weight excluding hydrogens is 371 g/mol. The second-order valence-corrected chi connectivity index (χ2v) is 6.60. The first-order valence-electron chi connectivity index (χ1n) is 9.02. The van der Waals surface area contributed by atoms with Crippen LogP contribution in [0.1, 0.15) is 27.2 Å². The van der Waals surface area contributed by atoms with Crippen LogP contribution in [0.15, 0.2) is 73.1 Å². The lowest BCUT2D eigenvalue weighted by Gasteiger charge is -2.12. The van der Waals surface area contributed by atoms with Gasteiger partial charge < -0.3 is 9.84 Å². The van der Waals surface area contributed by atoms with Crippen molar-refractivity contribution in [3.8, 4) is 5.75 Å². The van der Waals surface area contributed by atoms with Crippen LogP contribution in [0, 0.1) is 5.82 Å². The maximum Gasteiger partial charge on any atom is 0.358 e. The molecule has 2 aromatic heterocycles. The minimum atomic E-state index is -1.17. The van der Waals surface area contributed by atoms with Crippen molar-refractivity contribution in [3.63, 3.8) is 0 Å². The summed E-state index contributed by atoms with van der Waals surface area (Å²) in [5, 5.41) is 10.2. The van der Waals surface area contributed by atoms with E-state index in [4.69, 9.17) is 4.74 Å². The van der Waals surface area contributed by atoms with Crippen molar-refractivity contribution in [1.82, 2.24) is 9.97 Å². The van der Waals surface area contributed by atoms with Crippen molar-refractivity contribution in [2.75, 3.05) is 0 Å². The SMILES string of the molecule is O=C(O)c1ncc2cc(Cc3ccc(F)cc3)cnc2c1OCc1ccccc1. The molecule has 0 amide bonds. The number of benzene rings is 2. The van der Waals surface area contributed by atoms with Crippen LogP contribution >= 0.6 is 0 Å². The molecule has 0 saturated carbocycles. The molecule has 29 heavy (non-hydrogen) atoms. The highest BCUT2D eigenvalue weighted by molar-refractivity contribution is 5.96. The Hall–Kier alpha value is -3.80. The quantitative estimate of drug-likeness (QED) is 0.521. The number of hydrogen-bond donors (Lipinski definition) is 1. The first kappa shape index (κ1) is 18.6. The fourth-order valence-corrected chi connectivity index (χ4v) is 3.07. The number of carboxylic acids is 1. The van der Waals surface area contributed by atoms with Gasteiger partial charge in [0.15, 0.2) is 11.4 Å². The zero-order chi connectivity index (χ0) is 20.2. The van der Waals surface area contributed by atoms with E-state index in [1.807, 2.05) is 36.4 Å². The van der Waals surface area contributed by atoms with Crippen LogP contribution in [-0.4, -0.2) is 21.0 Å². The minimum absolute atomic E-state index is 0.146. The topological polar surface area (TPSA) is 72.3 Å². The molecule has 0 fully saturated rings. The summed E-state index contributed by atoms with van der Waals surface area (Å²) in [6.07, 6.45) is 3.73. The molecule has 2 heterocycles. The van der Waals surface area contributed by atoms with Gasteiger partial charge in [0.1, 0.15) is 17.9 Å². The van der Waals surface area contributed by atoms with Gasteiger partial charge in [-0.3, -0.25) is 4.98 Å². The van der Waals surface area contributed by atoms with Crippen LogP contribution in [0.4, 0.5) is 4.39 Å². The van der Waals surface area contributed by atoms with Gasteiger partial charge in [-0.25, -0.2) is 14.2 Å². The van der Waals surface area contributed by atoms with Gasteiger partial charge in [0.05, 0.1) is 0 Å². The van der Waals surface area contributed by atoms with Crippen molar-refractivity contribution >= 4 is 16.9 Å². The zero-order valence-electron chi connectivity index (χ0n) is 15.4. The molecule has 0 spiro atoms. The van der Waals surface area contributed by atoms with Gasteiger partial charge in [-0.2, -0.15) is 0 Å². The molecule has 0 aliphatic heterocycles. The van der Waals surface area contributed by atoms with Gasteiger partial charge in [-0.1, -0.05) is 42.5 Å². The number of hydrogen-bond acceptors (Lipinski definition) is 4. The van der Waals surface area contributed by atoms with Crippen molar-refractivity contribution < 1.29 is 19.0 Å². The lowest BCUT2D eigenvalue weighted by molar-refractivity contribution is 0.0685. The monoisotopic (exact) mass is 388 g/mol. The van der Waals surface area contributed by atoms with Crippen molar-refractivity contribution in [2.45, 2.75) is 13.0 Å². The summed E-state index contributed by atoms with van der Waals surface area (Å²) in [7, 11) is 0. The molecule has 2 aromatic carbocycles. The highest BCUT2D eigenvalue weighted by Gasteiger charge is 2.18. The second-order valence-electron chi connectivity index (χ2n) is 6.60. The molecule has 0 aliphatic rings. The third kappa shape index (κ3) is 4.21. The average molecular weight is 388 g/mol. The number of pyridine rings is 2. The van der Waals surface area contributed by atoms with Crippen LogP contribution in [0.3, 0.4) is 0 Å². The number of halogens is 1. The summed E-state index contributed by atoms with van der Waals surface area (Å²) in [5.74, 6) is -1.31. The fraction of sp³-hybridized carbons (Fsp3) is 0.0870. The number of fused-ring (bicyclic) bond motifs is 1. The Labute approximate surface area is 166 Å². The average Bonchev–Trinajstić information content (AvgIpc) is 2.74. The first-order valence-corrected chi connectivity index (χ1v) is 9.02. The van der Waals surface area contributed by atoms with E-state index < -0.39 is 5.97 Å². The molecule has 5 nitrogen and oxygen atoms in total. The Balaban J connectivity index is 1.67. The van der Waals surface area contributed by atoms with Gasteiger partial charge in [0, 0.05) is 17.8 Å². The largest absolute Gasteiger partial charge is 0.484 e. The number of aromatic nitrogens is 2. The molecule has 0 radical (unpaired) electrons. The normalized spacial score (nSPS) is 10.8. The molecule has 1 N–H and O–H groups in total. The number of ether oxygens (including phenoxy) is 1. The van der Waals surface area contributed by atoms with E-state index in [-0.39, 0.29) is 23.9 Å². The van der Waals surface area contributed by atoms with Crippen molar-refractivity contribution in [2.24, 2.45) is 0 Å². The third-order valence-corrected chi connectivity index (χ3v) is 4.49. The zero-order valence-corrected chi connectivity index (χ0v) is 15.4. The third-order valence-electron chi connectivity index (χ3n) is 4.49. The summed E-state index contributed by atoms with van der Waals surface area (Å²) in [4.78, 5) is 20.1. The Bertz CT molecular complexity index is 1160. The molecule has 6 heteroatoms. The summed E-state index contributed by atoms with van der Waals surface area (Å²) in [6.45, 7) is 0.209. The van der Waals surface area contributed by atoms with Crippen LogP contribution in [-0.2, 0) is 13.0 Å². The predicted octanol–water partition coefficient (Wildman–Crippen LogP) is 4.64. The van der Waals surface area contributed by atoms with Crippen LogP contribution in [0.2, 0.25) is 0 Å². The molecule has 0 unspecified atom stereocenters. The summed E-state index contributed by atoms with van der Waals surface area (Å²) < 4.78 is 18.9. The van der Waals surface area contributed by atoms with Gasteiger partial charge in [0.2, 0.25) is 0 Å². The fourth-order valence-electron chi connectivity index (χ4n) is 3.07. The lowest BCUT2D eigenvalue weighted by Crippen LogP contribution is -2.07. The maximum atomic E-state index is 13.1. The molecule has 0 aliphatic carbocycles. The minimum Gasteiger partial charge on any atom is -0.484 e. The predicted molar refractivity (Wildman–Crippen MR) is 106 cm³/mol. The summed E-state index contributed by atoms with van der Waals surface area (Å²) >= 11 is 0. The number of carboxylic acid groups (broad SMARTS) is 1. The Morgan fingerprint density at radius 3 is 2.41 bits per heavy atom. The molecule has 4 aromatic rings. The highest BCUT2D eigenvalue weighted by atomic mass is 19.1. The molecular formula is C23H17FN2O3. The van der Waals surface area contributed by atoms with E-state index in [9.17, 15) is 14.3 Å². The Morgan fingerprint density at radius 2 is 1.69 bits per heavy atom. The van der Waals surface area contributed by atoms with Crippen LogP contribution in [0.5, 0.6) is 5.75 Å². The lowest BCUT2D eigenvalue weighted by atomic mass is 10.0. The number of carbonyl (C=O) groups is 1. The summed E-state index contributed by atoms with van der Waals surface area (Å²) in [6, 6.07) is 17.6. The Kier molecular flexibility index (Phi) is 5.16. The van der Waals surface area contributed by atoms with E-state index in [2.05, 4.69) is 9.97 Å². The van der Waals surface area contributed by atoms with E-state index in [1.165, 1.54) is 18.3 Å². The van der Waals surface area contributed by atoms with Crippen molar-refractivity contribution in [3.05, 3.63) is 101 Å². The van der Waals surface area contributed by atoms with Gasteiger partial charge in [-0.15, -0.1) is 0 Å². The molecule has 4 rings (SSSR count). The van der Waals surface area contributed by atoms with Gasteiger partial charge in [-0.05, 0) is 41.3 Å². The van der Waals surface area contributed by atoms with E-state index in [1.54, 1.807) is 18.3 Å². The molecule has 0 bridgehead atoms. The maximum absolute atomic E-state index is 13.1.